The first kappa shape index (κ1) is 21.0. The highest BCUT2D eigenvalue weighted by Gasteiger charge is 2.01. The van der Waals surface area contributed by atoms with Gasteiger partial charge in [-0.1, -0.05) is 64.6 Å². The molecule has 1 N–H and O–H groups in total. The minimum atomic E-state index is 0.344. The molecule has 0 aliphatic rings. The molecule has 2 atom stereocenters. The molecule has 0 amide bonds. The Balaban J connectivity index is 0.000000422. The van der Waals surface area contributed by atoms with Crippen molar-refractivity contribution in [3.05, 3.63) is 66.5 Å². The van der Waals surface area contributed by atoms with Gasteiger partial charge >= 0.3 is 0 Å². The molecule has 0 saturated heterocycles. The topological polar surface area (TPSA) is 29.5 Å². The van der Waals surface area contributed by atoms with Crippen molar-refractivity contribution in [1.29, 1.82) is 0 Å². The summed E-state index contributed by atoms with van der Waals surface area (Å²) < 4.78 is 4.89. The zero-order valence-electron chi connectivity index (χ0n) is 15.3. The second-order valence-electron chi connectivity index (χ2n) is 5.79. The zero-order valence-corrected chi connectivity index (χ0v) is 15.3. The summed E-state index contributed by atoms with van der Waals surface area (Å²) in [4.78, 5) is 0. The van der Waals surface area contributed by atoms with Crippen LogP contribution in [0.3, 0.4) is 0 Å². The SMILES string of the molecule is C=C(/C=C\C(=C)C(C)CC)OC.CCC(C)c1ccc(O)cc1. The molecule has 1 rings (SSSR count). The summed E-state index contributed by atoms with van der Waals surface area (Å²) in [6, 6.07) is 7.43. The molecule has 0 radical (unpaired) electrons. The fraction of sp³-hybridized carbons (Fsp3) is 0.429. The number of aromatic hydroxyl groups is 1. The average molecular weight is 316 g/mol. The van der Waals surface area contributed by atoms with Crippen molar-refractivity contribution in [3.8, 4) is 5.75 Å². The van der Waals surface area contributed by atoms with Gasteiger partial charge in [0.05, 0.1) is 7.11 Å². The van der Waals surface area contributed by atoms with E-state index in [1.807, 2.05) is 24.3 Å². The third-order valence-corrected chi connectivity index (χ3v) is 4.07. The van der Waals surface area contributed by atoms with Crippen LogP contribution in [0.15, 0.2) is 60.9 Å². The largest absolute Gasteiger partial charge is 0.508 e. The summed E-state index contributed by atoms with van der Waals surface area (Å²) in [7, 11) is 1.61. The maximum Gasteiger partial charge on any atom is 0.115 e. The van der Waals surface area contributed by atoms with Crippen molar-refractivity contribution in [2.24, 2.45) is 5.92 Å². The Labute approximate surface area is 142 Å². The van der Waals surface area contributed by atoms with Crippen LogP contribution in [0.4, 0.5) is 0 Å². The number of allylic oxidation sites excluding steroid dienone is 3. The number of hydrogen-bond acceptors (Lipinski definition) is 2. The van der Waals surface area contributed by atoms with Crippen LogP contribution in [-0.2, 0) is 4.74 Å². The third-order valence-electron chi connectivity index (χ3n) is 4.07. The molecule has 0 spiro atoms. The number of hydrogen-bond donors (Lipinski definition) is 1. The van der Waals surface area contributed by atoms with Gasteiger partial charge in [-0.25, -0.2) is 0 Å². The van der Waals surface area contributed by atoms with Crippen molar-refractivity contribution in [3.63, 3.8) is 0 Å². The number of methoxy groups -OCH3 is 1. The van der Waals surface area contributed by atoms with Crippen LogP contribution in [0.5, 0.6) is 5.75 Å². The van der Waals surface area contributed by atoms with Crippen molar-refractivity contribution in [2.45, 2.75) is 46.5 Å². The Morgan fingerprint density at radius 1 is 1.09 bits per heavy atom. The standard InChI is InChI=1S/C11H18O.C10H14O/c1-6-9(2)10(3)7-8-11(4)12-5;1-3-8(2)9-4-6-10(11)7-5-9/h7-9H,3-4,6H2,1-2,5H3;4-8,11H,3H2,1-2H3/b8-7-;. The van der Waals surface area contributed by atoms with Crippen LogP contribution in [0.2, 0.25) is 0 Å². The van der Waals surface area contributed by atoms with E-state index in [1.165, 1.54) is 5.56 Å². The van der Waals surface area contributed by atoms with Crippen LogP contribution in [-0.4, -0.2) is 12.2 Å². The van der Waals surface area contributed by atoms with Gasteiger partial charge in [0.1, 0.15) is 11.5 Å². The first-order valence-electron chi connectivity index (χ1n) is 8.24. The molecule has 0 aromatic heterocycles. The normalized spacial score (nSPS) is 12.9. The summed E-state index contributed by atoms with van der Waals surface area (Å²) in [6.07, 6.45) is 6.06. The van der Waals surface area contributed by atoms with Crippen molar-refractivity contribution >= 4 is 0 Å². The monoisotopic (exact) mass is 316 g/mol. The fourth-order valence-corrected chi connectivity index (χ4v) is 1.73. The third kappa shape index (κ3) is 8.92. The number of ether oxygens (including phenoxy) is 1. The lowest BCUT2D eigenvalue weighted by Crippen LogP contribution is -1.92. The molecule has 2 heteroatoms. The minimum absolute atomic E-state index is 0.344. The van der Waals surface area contributed by atoms with E-state index in [1.54, 1.807) is 19.2 Å². The zero-order chi connectivity index (χ0) is 17.8. The van der Waals surface area contributed by atoms with E-state index in [0.717, 1.165) is 18.4 Å². The number of phenolic OH excluding ortho intramolecular Hbond substituents is 1. The Bertz CT molecular complexity index is 497. The van der Waals surface area contributed by atoms with Crippen molar-refractivity contribution in [1.82, 2.24) is 0 Å². The Morgan fingerprint density at radius 2 is 1.65 bits per heavy atom. The number of benzene rings is 1. The molecule has 0 aliphatic heterocycles. The molecule has 1 aromatic rings. The van der Waals surface area contributed by atoms with Gasteiger partial charge in [-0.3, -0.25) is 0 Å². The summed E-state index contributed by atoms with van der Waals surface area (Å²) in [5.41, 5.74) is 2.42. The minimum Gasteiger partial charge on any atom is -0.508 e. The Morgan fingerprint density at radius 3 is 2.09 bits per heavy atom. The summed E-state index contributed by atoms with van der Waals surface area (Å²) in [5.74, 6) is 2.14. The Hall–Kier alpha value is -1.96. The van der Waals surface area contributed by atoms with Crippen molar-refractivity contribution in [2.75, 3.05) is 7.11 Å². The molecule has 2 unspecified atom stereocenters. The summed E-state index contributed by atoms with van der Waals surface area (Å²) >= 11 is 0. The Kier molecular flexibility index (Phi) is 10.6. The summed E-state index contributed by atoms with van der Waals surface area (Å²) in [5, 5.41) is 9.01. The van der Waals surface area contributed by atoms with Crippen LogP contribution in [0, 0.1) is 5.92 Å². The average Bonchev–Trinajstić information content (AvgIpc) is 2.58. The lowest BCUT2D eigenvalue weighted by atomic mass is 9.99. The second kappa shape index (κ2) is 11.6. The van der Waals surface area contributed by atoms with E-state index >= 15 is 0 Å². The molecule has 2 nitrogen and oxygen atoms in total. The van der Waals surface area contributed by atoms with Gasteiger partial charge in [-0.15, -0.1) is 0 Å². The highest BCUT2D eigenvalue weighted by Crippen LogP contribution is 2.20. The summed E-state index contributed by atoms with van der Waals surface area (Å²) in [6.45, 7) is 16.3. The highest BCUT2D eigenvalue weighted by molar-refractivity contribution is 5.27. The van der Waals surface area contributed by atoms with E-state index in [0.29, 0.717) is 23.3 Å². The first-order valence-corrected chi connectivity index (χ1v) is 8.24. The van der Waals surface area contributed by atoms with Gasteiger partial charge in [0.2, 0.25) is 0 Å². The molecule has 128 valence electrons. The van der Waals surface area contributed by atoms with Gasteiger partial charge in [0.25, 0.3) is 0 Å². The second-order valence-corrected chi connectivity index (χ2v) is 5.79. The van der Waals surface area contributed by atoms with E-state index in [-0.39, 0.29) is 0 Å². The van der Waals surface area contributed by atoms with Crippen LogP contribution in [0.1, 0.15) is 52.0 Å². The van der Waals surface area contributed by atoms with Crippen molar-refractivity contribution < 1.29 is 9.84 Å². The van der Waals surface area contributed by atoms with Gasteiger partial charge < -0.3 is 9.84 Å². The number of rotatable bonds is 7. The molecule has 0 saturated carbocycles. The quantitative estimate of drug-likeness (QED) is 0.478. The van der Waals surface area contributed by atoms with E-state index in [4.69, 9.17) is 9.84 Å². The van der Waals surface area contributed by atoms with E-state index in [2.05, 4.69) is 40.9 Å². The number of phenols is 1. The molecule has 0 aliphatic carbocycles. The first-order chi connectivity index (χ1) is 10.8. The van der Waals surface area contributed by atoms with Gasteiger partial charge in [0.15, 0.2) is 0 Å². The maximum absolute atomic E-state index is 9.01. The van der Waals surface area contributed by atoms with E-state index < -0.39 is 0 Å². The van der Waals surface area contributed by atoms with Gasteiger partial charge in [0, 0.05) is 0 Å². The smallest absolute Gasteiger partial charge is 0.115 e. The molecule has 23 heavy (non-hydrogen) atoms. The highest BCUT2D eigenvalue weighted by atomic mass is 16.5. The predicted molar refractivity (Wildman–Crippen MR) is 101 cm³/mol. The van der Waals surface area contributed by atoms with Gasteiger partial charge in [-0.05, 0) is 48.4 Å². The maximum atomic E-state index is 9.01. The lowest BCUT2D eigenvalue weighted by molar-refractivity contribution is 0.308. The lowest BCUT2D eigenvalue weighted by Gasteiger charge is -2.07. The fourth-order valence-electron chi connectivity index (χ4n) is 1.73. The molecular weight excluding hydrogens is 284 g/mol. The molecule has 1 aromatic carbocycles. The molecule has 0 bridgehead atoms. The van der Waals surface area contributed by atoms with E-state index in [9.17, 15) is 0 Å². The predicted octanol–water partition coefficient (Wildman–Crippen LogP) is 6.21. The molecular formula is C21H32O2. The van der Waals surface area contributed by atoms with Crippen LogP contribution in [0.25, 0.3) is 0 Å². The molecule has 0 heterocycles. The van der Waals surface area contributed by atoms with Gasteiger partial charge in [-0.2, -0.15) is 0 Å². The van der Waals surface area contributed by atoms with Crippen LogP contribution >= 0.6 is 0 Å². The van der Waals surface area contributed by atoms with Crippen LogP contribution < -0.4 is 0 Å². The molecule has 0 fully saturated rings.